The number of esters is 1. The molecule has 1 aromatic rings. The number of hydrogen-bond donors (Lipinski definition) is 2. The van der Waals surface area contributed by atoms with Crippen LogP contribution >= 0.6 is 0 Å². The average molecular weight is 672 g/mol. The van der Waals surface area contributed by atoms with Gasteiger partial charge in [-0.15, -0.1) is 0 Å². The second-order valence-corrected chi connectivity index (χ2v) is 16.3. The Hall–Kier alpha value is -3.12. The summed E-state index contributed by atoms with van der Waals surface area (Å²) in [5.41, 5.74) is -2.72. The van der Waals surface area contributed by atoms with Gasteiger partial charge in [-0.2, -0.15) is 0 Å². The van der Waals surface area contributed by atoms with Gasteiger partial charge in [-0.3, -0.25) is 9.59 Å². The van der Waals surface area contributed by atoms with Gasteiger partial charge < -0.3 is 34.3 Å². The number of carbonyl (C=O) groups is 4. The molecule has 11 nitrogen and oxygen atoms in total. The first-order valence-corrected chi connectivity index (χ1v) is 17.2. The first kappa shape index (κ1) is 39.3. The third-order valence-corrected chi connectivity index (χ3v) is 9.49. The van der Waals surface area contributed by atoms with E-state index < -0.39 is 51.9 Å². The Morgan fingerprint density at radius 1 is 0.979 bits per heavy atom. The van der Waals surface area contributed by atoms with Gasteiger partial charge in [-0.1, -0.05) is 63.9 Å². The Bertz CT molecular complexity index is 1270. The molecule has 2 heterocycles. The molecule has 0 bridgehead atoms. The quantitative estimate of drug-likeness (QED) is 0.172. The van der Waals surface area contributed by atoms with Crippen LogP contribution in [0.3, 0.4) is 0 Å². The van der Waals surface area contributed by atoms with E-state index in [0.717, 1.165) is 5.56 Å². The number of alkyl carbamates (subject to hydrolysis) is 1. The molecule has 3 atom stereocenters. The van der Waals surface area contributed by atoms with E-state index in [0.29, 0.717) is 32.0 Å². The number of benzene rings is 1. The zero-order valence-electron chi connectivity index (χ0n) is 31.0. The van der Waals surface area contributed by atoms with Crippen LogP contribution in [0.5, 0.6) is 0 Å². The van der Waals surface area contributed by atoms with Crippen molar-refractivity contribution in [3.63, 3.8) is 0 Å². The third-order valence-electron chi connectivity index (χ3n) is 9.49. The predicted molar refractivity (Wildman–Crippen MR) is 185 cm³/mol. The number of hydrogen-bond acceptors (Lipinski definition) is 8. The van der Waals surface area contributed by atoms with Crippen molar-refractivity contribution in [1.82, 2.24) is 15.5 Å². The highest BCUT2D eigenvalue weighted by atomic mass is 16.7. The van der Waals surface area contributed by atoms with Crippen LogP contribution < -0.4 is 10.6 Å². The molecule has 2 fully saturated rings. The molecule has 0 saturated carbocycles. The number of unbranched alkanes of at least 4 members (excludes halogenated alkanes) is 1. The van der Waals surface area contributed by atoms with Gasteiger partial charge in [0.1, 0.15) is 23.8 Å². The van der Waals surface area contributed by atoms with Crippen molar-refractivity contribution in [1.29, 1.82) is 0 Å². The van der Waals surface area contributed by atoms with Crippen molar-refractivity contribution in [2.45, 2.75) is 156 Å². The highest BCUT2D eigenvalue weighted by Crippen LogP contribution is 2.39. The van der Waals surface area contributed by atoms with Crippen molar-refractivity contribution in [3.8, 4) is 0 Å². The van der Waals surface area contributed by atoms with Crippen LogP contribution in [0.2, 0.25) is 6.32 Å². The van der Waals surface area contributed by atoms with E-state index in [9.17, 15) is 19.2 Å². The Morgan fingerprint density at radius 3 is 2.12 bits per heavy atom. The molecule has 2 N–H and O–H groups in total. The first-order chi connectivity index (χ1) is 22.1. The number of nitrogens with zero attached hydrogens (tertiary/aromatic N) is 1. The van der Waals surface area contributed by atoms with Gasteiger partial charge in [0.2, 0.25) is 11.8 Å². The summed E-state index contributed by atoms with van der Waals surface area (Å²) in [7, 11) is -0.370. The number of ether oxygens (including phenoxy) is 2. The minimum Gasteiger partial charge on any atom is -0.459 e. The molecule has 2 saturated heterocycles. The second-order valence-electron chi connectivity index (χ2n) is 16.3. The summed E-state index contributed by atoms with van der Waals surface area (Å²) in [6, 6.07) is 8.03. The Kier molecular flexibility index (Phi) is 12.4. The molecule has 2 aliphatic heterocycles. The standard InChI is InChI=1S/C36H58BN3O8/c1-25(41)40-22-19-27(38-29(42)28(32(2,3)4)39-31(44)46-33(5,6)7)23-36(40,30(43)45-24-26-17-13-12-14-18-26)20-15-16-21-37-47-34(8,9)35(10,11)48-37/h12-14,17-18,27-28H,15-16,19-24H2,1-11H3,(H,38,42)(H,39,44)/t27-,28+,36+/m0/s1. The molecule has 268 valence electrons. The van der Waals surface area contributed by atoms with Crippen molar-refractivity contribution in [2.75, 3.05) is 6.54 Å². The molecule has 3 rings (SSSR count). The SMILES string of the molecule is CC(=O)N1CC[C@H](NC(=O)[C@@H](NC(=O)OC(C)(C)C)C(C)(C)C)C[C@]1(CCCCB1OC(C)(C)C(C)(C)O1)C(=O)OCc1ccccc1. The monoisotopic (exact) mass is 671 g/mol. The van der Waals surface area contributed by atoms with Gasteiger partial charge in [0, 0.05) is 25.9 Å². The third kappa shape index (κ3) is 10.2. The van der Waals surface area contributed by atoms with Crippen LogP contribution in [0.4, 0.5) is 4.79 Å². The van der Waals surface area contributed by atoms with E-state index in [4.69, 9.17) is 18.8 Å². The fraction of sp³-hybridized carbons (Fsp3) is 0.722. The molecule has 12 heteroatoms. The highest BCUT2D eigenvalue weighted by molar-refractivity contribution is 6.45. The summed E-state index contributed by atoms with van der Waals surface area (Å²) in [6.45, 7) is 20.7. The fourth-order valence-corrected chi connectivity index (χ4v) is 6.29. The molecule has 0 radical (unpaired) electrons. The molecule has 0 aromatic heterocycles. The Labute approximate surface area is 287 Å². The summed E-state index contributed by atoms with van der Waals surface area (Å²) in [5.74, 6) is -1.13. The Morgan fingerprint density at radius 2 is 1.58 bits per heavy atom. The van der Waals surface area contributed by atoms with Crippen LogP contribution in [0.1, 0.15) is 114 Å². The maximum Gasteiger partial charge on any atom is 0.457 e. The normalized spacial score (nSPS) is 22.9. The van der Waals surface area contributed by atoms with E-state index in [2.05, 4.69) is 10.6 Å². The van der Waals surface area contributed by atoms with Crippen LogP contribution in [-0.2, 0) is 39.8 Å². The molecule has 48 heavy (non-hydrogen) atoms. The van der Waals surface area contributed by atoms with Gasteiger partial charge in [-0.25, -0.2) is 9.59 Å². The fourth-order valence-electron chi connectivity index (χ4n) is 6.29. The van der Waals surface area contributed by atoms with Gasteiger partial charge >= 0.3 is 19.2 Å². The number of rotatable bonds is 11. The average Bonchev–Trinajstić information content (AvgIpc) is 3.16. The molecule has 1 aromatic carbocycles. The summed E-state index contributed by atoms with van der Waals surface area (Å²) in [4.78, 5) is 55.4. The van der Waals surface area contributed by atoms with Crippen molar-refractivity contribution >= 4 is 31.0 Å². The Balaban J connectivity index is 1.83. The molecular weight excluding hydrogens is 613 g/mol. The summed E-state index contributed by atoms with van der Waals surface area (Å²) in [6.07, 6.45) is 2.18. The smallest absolute Gasteiger partial charge is 0.457 e. The van der Waals surface area contributed by atoms with Crippen molar-refractivity contribution in [3.05, 3.63) is 35.9 Å². The zero-order chi connectivity index (χ0) is 36.1. The van der Waals surface area contributed by atoms with E-state index in [1.807, 2.05) is 78.8 Å². The minimum atomic E-state index is -1.30. The van der Waals surface area contributed by atoms with E-state index in [1.165, 1.54) is 6.92 Å². The van der Waals surface area contributed by atoms with Crippen LogP contribution in [0.15, 0.2) is 30.3 Å². The highest BCUT2D eigenvalue weighted by Gasteiger charge is 2.53. The molecule has 0 unspecified atom stereocenters. The first-order valence-electron chi connectivity index (χ1n) is 17.2. The number of amides is 3. The zero-order valence-corrected chi connectivity index (χ0v) is 31.0. The molecule has 3 amide bonds. The summed E-state index contributed by atoms with van der Waals surface area (Å²) in [5, 5.41) is 5.83. The largest absolute Gasteiger partial charge is 0.459 e. The lowest BCUT2D eigenvalue weighted by Crippen LogP contribution is -2.65. The van der Waals surface area contributed by atoms with Crippen molar-refractivity contribution in [2.24, 2.45) is 5.41 Å². The van der Waals surface area contributed by atoms with Gasteiger partial charge in [-0.05, 0) is 78.6 Å². The van der Waals surface area contributed by atoms with Gasteiger partial charge in [0.15, 0.2) is 0 Å². The van der Waals surface area contributed by atoms with E-state index in [1.54, 1.807) is 25.7 Å². The van der Waals surface area contributed by atoms with Crippen LogP contribution in [0, 0.1) is 5.41 Å². The topological polar surface area (TPSA) is 132 Å². The molecule has 2 aliphatic rings. The lowest BCUT2D eigenvalue weighted by Gasteiger charge is -2.48. The second kappa shape index (κ2) is 15.2. The maximum absolute atomic E-state index is 14.2. The van der Waals surface area contributed by atoms with E-state index >= 15 is 0 Å². The number of nitrogens with one attached hydrogen (secondary N) is 2. The van der Waals surface area contributed by atoms with Crippen LogP contribution in [0.25, 0.3) is 0 Å². The van der Waals surface area contributed by atoms with E-state index in [-0.39, 0.29) is 38.5 Å². The summed E-state index contributed by atoms with van der Waals surface area (Å²) < 4.78 is 23.7. The number of carbonyl (C=O) groups excluding carboxylic acids is 4. The van der Waals surface area contributed by atoms with Crippen LogP contribution in [-0.4, -0.2) is 76.9 Å². The summed E-state index contributed by atoms with van der Waals surface area (Å²) >= 11 is 0. The maximum atomic E-state index is 14.2. The van der Waals surface area contributed by atoms with Gasteiger partial charge in [0.25, 0.3) is 0 Å². The molecule has 0 aliphatic carbocycles. The predicted octanol–water partition coefficient (Wildman–Crippen LogP) is 5.80. The number of likely N-dealkylation sites (tertiary alicyclic amines) is 1. The lowest BCUT2D eigenvalue weighted by atomic mass is 9.76. The van der Waals surface area contributed by atoms with Crippen molar-refractivity contribution < 1.29 is 38.0 Å². The van der Waals surface area contributed by atoms with Gasteiger partial charge in [0.05, 0.1) is 11.2 Å². The molecular formula is C36H58BN3O8. The molecule has 0 spiro atoms. The lowest BCUT2D eigenvalue weighted by molar-refractivity contribution is -0.170. The minimum absolute atomic E-state index is 0.0595. The number of piperidine rings is 1.